The highest BCUT2D eigenvalue weighted by molar-refractivity contribution is 5.75. The number of hydrogen-bond acceptors (Lipinski definition) is 4. The van der Waals surface area contributed by atoms with E-state index < -0.39 is 17.5 Å². The smallest absolute Gasteiger partial charge is 0.410 e. The Morgan fingerprint density at radius 3 is 2.27 bits per heavy atom. The number of carboxylic acid groups (broad SMARTS) is 1. The van der Waals surface area contributed by atoms with Gasteiger partial charge in [-0.05, 0) is 52.6 Å². The molecule has 4 fully saturated rings. The average molecular weight is 310 g/mol. The maximum Gasteiger partial charge on any atom is 0.410 e. The molecule has 0 aromatic heterocycles. The second kappa shape index (κ2) is 5.11. The summed E-state index contributed by atoms with van der Waals surface area (Å²) in [5.74, 6) is -0.848. The first kappa shape index (κ1) is 15.6. The molecule has 0 aliphatic carbocycles. The monoisotopic (exact) mass is 310 g/mol. The molecular weight excluding hydrogens is 284 g/mol. The second-order valence-electron chi connectivity index (χ2n) is 8.04. The van der Waals surface area contributed by atoms with Crippen molar-refractivity contribution in [1.29, 1.82) is 0 Å². The molecule has 22 heavy (non-hydrogen) atoms. The molecule has 1 N–H and O–H groups in total. The predicted octanol–water partition coefficient (Wildman–Crippen LogP) is 1.65. The summed E-state index contributed by atoms with van der Waals surface area (Å²) in [6.45, 7) is 9.21. The van der Waals surface area contributed by atoms with Crippen molar-refractivity contribution >= 4 is 12.1 Å². The third-order valence-corrected chi connectivity index (χ3v) is 5.45. The Balaban J connectivity index is 1.82. The number of carbonyl (C=O) groups is 2. The largest absolute Gasteiger partial charge is 0.481 e. The van der Waals surface area contributed by atoms with Crippen molar-refractivity contribution in [2.45, 2.75) is 39.2 Å². The summed E-state index contributed by atoms with van der Waals surface area (Å²) in [5.41, 5.74) is -0.847. The van der Waals surface area contributed by atoms with Gasteiger partial charge in [-0.3, -0.25) is 4.79 Å². The van der Waals surface area contributed by atoms with Gasteiger partial charge in [-0.2, -0.15) is 0 Å². The van der Waals surface area contributed by atoms with Crippen molar-refractivity contribution in [1.82, 2.24) is 9.80 Å². The number of hydrogen-bond donors (Lipinski definition) is 1. The Morgan fingerprint density at radius 1 is 1.18 bits per heavy atom. The third-order valence-electron chi connectivity index (χ3n) is 5.45. The minimum atomic E-state index is -0.778. The molecule has 2 unspecified atom stereocenters. The SMILES string of the molecule is CC(C)(C)OC(=O)N1CC(C(=O)O)C2(CN3CCC2CC3)C1. The standard InChI is InChI=1S/C16H26N2O4/c1-15(2,3)22-14(21)18-8-12(13(19)20)16(10-18)9-17-6-4-11(16)5-7-17/h11-12H,4-10H2,1-3H3,(H,19,20). The van der Waals surface area contributed by atoms with E-state index in [1.165, 1.54) is 0 Å². The Morgan fingerprint density at radius 2 is 1.82 bits per heavy atom. The maximum atomic E-state index is 12.4. The molecule has 4 saturated heterocycles. The van der Waals surface area contributed by atoms with Crippen LogP contribution in [0.1, 0.15) is 33.6 Å². The van der Waals surface area contributed by atoms with Crippen molar-refractivity contribution in [2.24, 2.45) is 17.3 Å². The van der Waals surface area contributed by atoms with Gasteiger partial charge in [-0.1, -0.05) is 0 Å². The van der Waals surface area contributed by atoms with E-state index in [4.69, 9.17) is 4.74 Å². The van der Waals surface area contributed by atoms with E-state index in [1.54, 1.807) is 4.90 Å². The lowest BCUT2D eigenvalue weighted by molar-refractivity contribution is -0.150. The first-order valence-electron chi connectivity index (χ1n) is 8.14. The molecule has 6 nitrogen and oxygen atoms in total. The number of ether oxygens (including phenoxy) is 1. The van der Waals surface area contributed by atoms with Crippen LogP contribution in [0.15, 0.2) is 0 Å². The summed E-state index contributed by atoms with van der Waals surface area (Å²) in [7, 11) is 0. The highest BCUT2D eigenvalue weighted by Gasteiger charge is 2.59. The normalized spacial score (nSPS) is 37.6. The van der Waals surface area contributed by atoms with Crippen molar-refractivity contribution < 1.29 is 19.4 Å². The summed E-state index contributed by atoms with van der Waals surface area (Å²) in [6, 6.07) is 0. The molecule has 2 bridgehead atoms. The molecule has 4 aliphatic heterocycles. The zero-order chi connectivity index (χ0) is 16.1. The van der Waals surface area contributed by atoms with Crippen molar-refractivity contribution in [3.05, 3.63) is 0 Å². The molecule has 4 heterocycles. The number of nitrogens with zero attached hydrogens (tertiary/aromatic N) is 2. The van der Waals surface area contributed by atoms with Crippen LogP contribution >= 0.6 is 0 Å². The molecule has 4 aliphatic rings. The minimum absolute atomic E-state index is 0.272. The molecule has 0 aromatic carbocycles. The van der Waals surface area contributed by atoms with Gasteiger partial charge in [-0.25, -0.2) is 4.79 Å². The predicted molar refractivity (Wildman–Crippen MR) is 80.5 cm³/mol. The summed E-state index contributed by atoms with van der Waals surface area (Å²) >= 11 is 0. The van der Waals surface area contributed by atoms with Gasteiger partial charge in [0.05, 0.1) is 5.92 Å². The van der Waals surface area contributed by atoms with E-state index >= 15 is 0 Å². The number of fused-ring (bicyclic) bond motifs is 2. The lowest BCUT2D eigenvalue weighted by atomic mass is 9.61. The van der Waals surface area contributed by atoms with Crippen molar-refractivity contribution in [2.75, 3.05) is 32.7 Å². The molecule has 124 valence electrons. The van der Waals surface area contributed by atoms with Crippen LogP contribution in [-0.4, -0.2) is 65.3 Å². The lowest BCUT2D eigenvalue weighted by Crippen LogP contribution is -2.59. The van der Waals surface area contributed by atoms with Crippen LogP contribution in [-0.2, 0) is 9.53 Å². The zero-order valence-electron chi connectivity index (χ0n) is 13.7. The van der Waals surface area contributed by atoms with Gasteiger partial charge in [0.2, 0.25) is 0 Å². The molecule has 1 spiro atoms. The fourth-order valence-electron chi connectivity index (χ4n) is 4.51. The van der Waals surface area contributed by atoms with Crippen LogP contribution in [0.4, 0.5) is 4.79 Å². The van der Waals surface area contributed by atoms with E-state index in [9.17, 15) is 14.7 Å². The summed E-state index contributed by atoms with van der Waals surface area (Å²) in [5, 5.41) is 9.69. The fourth-order valence-corrected chi connectivity index (χ4v) is 4.51. The first-order valence-corrected chi connectivity index (χ1v) is 8.14. The molecule has 1 amide bonds. The Hall–Kier alpha value is -1.30. The Bertz CT molecular complexity index is 479. The number of likely N-dealkylation sites (tertiary alicyclic amines) is 1. The zero-order valence-corrected chi connectivity index (χ0v) is 13.7. The average Bonchev–Trinajstić information content (AvgIpc) is 2.78. The number of carboxylic acids is 1. The van der Waals surface area contributed by atoms with Gasteiger partial charge in [0.1, 0.15) is 5.60 Å². The van der Waals surface area contributed by atoms with Crippen molar-refractivity contribution in [3.63, 3.8) is 0 Å². The van der Waals surface area contributed by atoms with E-state index in [1.807, 2.05) is 20.8 Å². The number of carbonyl (C=O) groups excluding carboxylic acids is 1. The molecule has 4 rings (SSSR count). The quantitative estimate of drug-likeness (QED) is 0.797. The minimum Gasteiger partial charge on any atom is -0.481 e. The molecule has 2 atom stereocenters. The highest BCUT2D eigenvalue weighted by atomic mass is 16.6. The molecule has 0 radical (unpaired) electrons. The van der Waals surface area contributed by atoms with Crippen molar-refractivity contribution in [3.8, 4) is 0 Å². The molecule has 6 heteroatoms. The summed E-state index contributed by atoms with van der Waals surface area (Å²) in [6.07, 6.45) is 1.71. The van der Waals surface area contributed by atoms with Crippen LogP contribution in [0, 0.1) is 17.3 Å². The third kappa shape index (κ3) is 2.57. The van der Waals surface area contributed by atoms with Crippen LogP contribution < -0.4 is 0 Å². The highest BCUT2D eigenvalue weighted by Crippen LogP contribution is 2.51. The number of aliphatic carboxylic acids is 1. The second-order valence-corrected chi connectivity index (χ2v) is 8.04. The number of rotatable bonds is 1. The van der Waals surface area contributed by atoms with E-state index in [0.29, 0.717) is 12.5 Å². The van der Waals surface area contributed by atoms with Crippen LogP contribution in [0.3, 0.4) is 0 Å². The van der Waals surface area contributed by atoms with Crippen LogP contribution in [0.25, 0.3) is 0 Å². The number of piperidine rings is 3. The van der Waals surface area contributed by atoms with Gasteiger partial charge >= 0.3 is 12.1 Å². The van der Waals surface area contributed by atoms with Gasteiger partial charge in [0, 0.05) is 25.0 Å². The van der Waals surface area contributed by atoms with Gasteiger partial charge in [-0.15, -0.1) is 0 Å². The lowest BCUT2D eigenvalue weighted by Gasteiger charge is -2.53. The summed E-state index contributed by atoms with van der Waals surface area (Å²) < 4.78 is 5.44. The summed E-state index contributed by atoms with van der Waals surface area (Å²) in [4.78, 5) is 28.1. The van der Waals surface area contributed by atoms with Gasteiger partial charge in [0.25, 0.3) is 0 Å². The van der Waals surface area contributed by atoms with E-state index in [2.05, 4.69) is 4.90 Å². The van der Waals surface area contributed by atoms with Crippen LogP contribution in [0.2, 0.25) is 0 Å². The van der Waals surface area contributed by atoms with Crippen LogP contribution in [0.5, 0.6) is 0 Å². The first-order chi connectivity index (χ1) is 10.2. The van der Waals surface area contributed by atoms with Gasteiger partial charge < -0.3 is 19.6 Å². The maximum absolute atomic E-state index is 12.4. The Kier molecular flexibility index (Phi) is 3.62. The fraction of sp³-hybridized carbons (Fsp3) is 0.875. The molecular formula is C16H26N2O4. The topological polar surface area (TPSA) is 70.1 Å². The number of amides is 1. The van der Waals surface area contributed by atoms with E-state index in [0.717, 1.165) is 32.5 Å². The Labute approximate surface area is 131 Å². The molecule has 0 saturated carbocycles. The van der Waals surface area contributed by atoms with E-state index in [-0.39, 0.29) is 18.1 Å². The van der Waals surface area contributed by atoms with Gasteiger partial charge in [0.15, 0.2) is 0 Å². The molecule has 0 aromatic rings.